The number of nitrogens with zero attached hydrogens (tertiary/aromatic N) is 1. The van der Waals surface area contributed by atoms with E-state index in [2.05, 4.69) is 39.2 Å². The van der Waals surface area contributed by atoms with Crippen LogP contribution in [0.2, 0.25) is 18.1 Å². The van der Waals surface area contributed by atoms with Crippen LogP contribution in [0.5, 0.6) is 0 Å². The minimum atomic E-state index is -1.72. The maximum Gasteiger partial charge on any atom is 0.410 e. The van der Waals surface area contributed by atoms with Gasteiger partial charge in [-0.05, 0) is 45.3 Å². The van der Waals surface area contributed by atoms with E-state index in [9.17, 15) is 4.79 Å². The Morgan fingerprint density at radius 1 is 1.17 bits per heavy atom. The third-order valence-electron chi connectivity index (χ3n) is 4.67. The zero-order valence-corrected chi connectivity index (χ0v) is 17.3. The van der Waals surface area contributed by atoms with Crippen LogP contribution in [0.15, 0.2) is 0 Å². The molecule has 0 aromatic heterocycles. The Morgan fingerprint density at radius 3 is 2.30 bits per heavy atom. The van der Waals surface area contributed by atoms with Gasteiger partial charge in [0.1, 0.15) is 5.60 Å². The highest BCUT2D eigenvalue weighted by atomic mass is 28.4. The van der Waals surface area contributed by atoms with E-state index in [0.29, 0.717) is 19.1 Å². The molecule has 0 aromatic carbocycles. The molecule has 6 heteroatoms. The lowest BCUT2D eigenvalue weighted by Crippen LogP contribution is -2.45. The smallest absolute Gasteiger partial charge is 0.410 e. The van der Waals surface area contributed by atoms with Crippen molar-refractivity contribution in [1.29, 1.82) is 0 Å². The van der Waals surface area contributed by atoms with Crippen molar-refractivity contribution in [3.63, 3.8) is 0 Å². The van der Waals surface area contributed by atoms with E-state index in [1.165, 1.54) is 0 Å². The Kier molecular flexibility index (Phi) is 6.70. The van der Waals surface area contributed by atoms with Gasteiger partial charge < -0.3 is 19.4 Å². The second kappa shape index (κ2) is 7.53. The van der Waals surface area contributed by atoms with Gasteiger partial charge in [0.05, 0.1) is 0 Å². The van der Waals surface area contributed by atoms with Crippen LogP contribution < -0.4 is 5.32 Å². The van der Waals surface area contributed by atoms with Crippen molar-refractivity contribution in [2.24, 2.45) is 0 Å². The van der Waals surface area contributed by atoms with Gasteiger partial charge in [-0.1, -0.05) is 20.8 Å². The molecule has 1 aliphatic rings. The molecule has 0 saturated carbocycles. The molecule has 1 N–H and O–H groups in total. The van der Waals surface area contributed by atoms with Gasteiger partial charge in [-0.3, -0.25) is 0 Å². The fourth-order valence-corrected chi connectivity index (χ4v) is 3.16. The summed E-state index contributed by atoms with van der Waals surface area (Å²) in [5, 5.41) is 3.72. The van der Waals surface area contributed by atoms with Gasteiger partial charge in [-0.25, -0.2) is 4.79 Å². The molecule has 0 spiro atoms. The summed E-state index contributed by atoms with van der Waals surface area (Å²) in [7, 11) is -1.72. The van der Waals surface area contributed by atoms with Crippen molar-refractivity contribution >= 4 is 14.4 Å². The molecule has 1 aliphatic heterocycles. The summed E-state index contributed by atoms with van der Waals surface area (Å²) >= 11 is 0. The minimum absolute atomic E-state index is 0.217. The molecule has 1 unspecified atom stereocenters. The molecule has 1 saturated heterocycles. The number of amides is 1. The van der Waals surface area contributed by atoms with Crippen LogP contribution in [0.1, 0.15) is 48.0 Å². The van der Waals surface area contributed by atoms with Gasteiger partial charge in [-0.2, -0.15) is 0 Å². The summed E-state index contributed by atoms with van der Waals surface area (Å²) in [4.78, 5) is 14.0. The summed E-state index contributed by atoms with van der Waals surface area (Å²) in [5.41, 5.74) is -0.443. The number of carbonyl (C=O) groups is 1. The number of carbonyl (C=O) groups excluding carboxylic acids is 1. The highest BCUT2D eigenvalue weighted by Crippen LogP contribution is 2.36. The standard InChI is InChI=1S/C17H36N2O3Si/c1-16(2,3)22-15(20)19-11-9-14(18-10-12-19)13-21-23(7,8)17(4,5)6/h14,18H,9-13H2,1-8H3. The second-order valence-corrected chi connectivity index (χ2v) is 13.8. The normalized spacial score (nSPS) is 21.0. The van der Waals surface area contributed by atoms with E-state index in [0.717, 1.165) is 19.6 Å². The summed E-state index contributed by atoms with van der Waals surface area (Å²) in [6, 6.07) is 0.302. The van der Waals surface area contributed by atoms with Crippen molar-refractivity contribution in [2.75, 3.05) is 26.2 Å². The van der Waals surface area contributed by atoms with Crippen molar-refractivity contribution in [3.05, 3.63) is 0 Å². The maximum atomic E-state index is 12.2. The number of rotatable bonds is 3. The fraction of sp³-hybridized carbons (Fsp3) is 0.941. The van der Waals surface area contributed by atoms with Gasteiger partial charge >= 0.3 is 6.09 Å². The van der Waals surface area contributed by atoms with Gasteiger partial charge in [0.25, 0.3) is 0 Å². The first-order valence-electron chi connectivity index (χ1n) is 8.67. The molecule has 1 atom stereocenters. The lowest BCUT2D eigenvalue weighted by molar-refractivity contribution is 0.0260. The molecular formula is C17H36N2O3Si. The first-order chi connectivity index (χ1) is 10.3. The monoisotopic (exact) mass is 344 g/mol. The molecule has 136 valence electrons. The molecule has 0 radical (unpaired) electrons. The fourth-order valence-electron chi connectivity index (χ4n) is 2.11. The summed E-state index contributed by atoms with van der Waals surface area (Å²) in [6.45, 7) is 19.9. The SMILES string of the molecule is CC(C)(C)OC(=O)N1CCNC(CO[Si](C)(C)C(C)(C)C)CC1. The first-order valence-corrected chi connectivity index (χ1v) is 11.6. The van der Waals surface area contributed by atoms with Crippen LogP contribution >= 0.6 is 0 Å². The lowest BCUT2D eigenvalue weighted by atomic mass is 10.2. The molecular weight excluding hydrogens is 308 g/mol. The Labute approximate surface area is 143 Å². The highest BCUT2D eigenvalue weighted by Gasteiger charge is 2.37. The van der Waals surface area contributed by atoms with Crippen LogP contribution in [0, 0.1) is 0 Å². The topological polar surface area (TPSA) is 50.8 Å². The molecule has 23 heavy (non-hydrogen) atoms. The third kappa shape index (κ3) is 6.81. The number of ether oxygens (including phenoxy) is 1. The molecule has 0 bridgehead atoms. The van der Waals surface area contributed by atoms with Crippen molar-refractivity contribution in [2.45, 2.75) is 77.7 Å². The van der Waals surface area contributed by atoms with E-state index in [-0.39, 0.29) is 11.1 Å². The molecule has 1 fully saturated rings. The molecule has 1 rings (SSSR count). The van der Waals surface area contributed by atoms with Crippen molar-refractivity contribution in [1.82, 2.24) is 10.2 Å². The van der Waals surface area contributed by atoms with Gasteiger partial charge in [0.15, 0.2) is 8.32 Å². The zero-order valence-electron chi connectivity index (χ0n) is 16.3. The van der Waals surface area contributed by atoms with Crippen LogP contribution in [-0.4, -0.2) is 57.2 Å². The first kappa shape index (κ1) is 20.5. The highest BCUT2D eigenvalue weighted by molar-refractivity contribution is 6.74. The summed E-state index contributed by atoms with van der Waals surface area (Å²) < 4.78 is 11.8. The maximum absolute atomic E-state index is 12.2. The van der Waals surface area contributed by atoms with Crippen LogP contribution in [0.3, 0.4) is 0 Å². The van der Waals surface area contributed by atoms with E-state index < -0.39 is 13.9 Å². The Hall–Kier alpha value is -0.593. The Morgan fingerprint density at radius 2 is 1.78 bits per heavy atom. The lowest BCUT2D eigenvalue weighted by Gasteiger charge is -2.37. The summed E-state index contributed by atoms with van der Waals surface area (Å²) in [6.07, 6.45) is 0.679. The van der Waals surface area contributed by atoms with E-state index in [1.807, 2.05) is 20.8 Å². The van der Waals surface area contributed by atoms with E-state index in [4.69, 9.17) is 9.16 Å². The third-order valence-corrected chi connectivity index (χ3v) is 9.17. The Balaban J connectivity index is 2.48. The van der Waals surface area contributed by atoms with E-state index >= 15 is 0 Å². The van der Waals surface area contributed by atoms with Gasteiger partial charge in [-0.15, -0.1) is 0 Å². The Bertz CT molecular complexity index is 400. The van der Waals surface area contributed by atoms with Crippen LogP contribution in [-0.2, 0) is 9.16 Å². The minimum Gasteiger partial charge on any atom is -0.444 e. The average molecular weight is 345 g/mol. The predicted octanol–water partition coefficient (Wildman–Crippen LogP) is 3.61. The average Bonchev–Trinajstić information content (AvgIpc) is 2.58. The van der Waals surface area contributed by atoms with Crippen molar-refractivity contribution < 1.29 is 14.0 Å². The molecule has 0 aromatic rings. The summed E-state index contributed by atoms with van der Waals surface area (Å²) in [5.74, 6) is 0. The quantitative estimate of drug-likeness (QED) is 0.795. The zero-order chi connectivity index (χ0) is 17.9. The van der Waals surface area contributed by atoms with Crippen molar-refractivity contribution in [3.8, 4) is 0 Å². The molecule has 0 aliphatic carbocycles. The van der Waals surface area contributed by atoms with Crippen LogP contribution in [0.4, 0.5) is 4.79 Å². The second-order valence-electron chi connectivity index (χ2n) is 8.98. The number of nitrogens with one attached hydrogen (secondary N) is 1. The molecule has 1 amide bonds. The number of hydrogen-bond donors (Lipinski definition) is 1. The molecule has 5 nitrogen and oxygen atoms in total. The van der Waals surface area contributed by atoms with Crippen LogP contribution in [0.25, 0.3) is 0 Å². The predicted molar refractivity (Wildman–Crippen MR) is 97.4 cm³/mol. The number of hydrogen-bond acceptors (Lipinski definition) is 4. The van der Waals surface area contributed by atoms with Gasteiger partial charge in [0, 0.05) is 32.3 Å². The van der Waals surface area contributed by atoms with Gasteiger partial charge in [0.2, 0.25) is 0 Å². The van der Waals surface area contributed by atoms with E-state index in [1.54, 1.807) is 4.90 Å². The largest absolute Gasteiger partial charge is 0.444 e. The molecule has 1 heterocycles.